The van der Waals surface area contributed by atoms with Crippen molar-refractivity contribution in [3.05, 3.63) is 64.8 Å². The highest BCUT2D eigenvalue weighted by Gasteiger charge is 2.13. The lowest BCUT2D eigenvalue weighted by atomic mass is 10.1. The van der Waals surface area contributed by atoms with Crippen LogP contribution in [0.25, 0.3) is 10.9 Å². The van der Waals surface area contributed by atoms with E-state index in [4.69, 9.17) is 16.3 Å². The molecule has 4 nitrogen and oxygen atoms in total. The van der Waals surface area contributed by atoms with E-state index in [0.29, 0.717) is 10.5 Å². The third-order valence-electron chi connectivity index (χ3n) is 3.46. The molecular weight excluding hydrogens is 312 g/mol. The smallest absolute Gasteiger partial charge is 0.356 e. The van der Waals surface area contributed by atoms with Gasteiger partial charge in [-0.3, -0.25) is 0 Å². The number of nitrogens with one attached hydrogen (secondary N) is 1. The molecule has 0 amide bonds. The molecule has 0 saturated carbocycles. The minimum Gasteiger partial charge on any atom is -0.464 e. The summed E-state index contributed by atoms with van der Waals surface area (Å²) in [5, 5.41) is 4.78. The maximum Gasteiger partial charge on any atom is 0.356 e. The molecule has 0 unspecified atom stereocenters. The zero-order chi connectivity index (χ0) is 16.4. The lowest BCUT2D eigenvalue weighted by Gasteiger charge is -2.12. The van der Waals surface area contributed by atoms with E-state index < -0.39 is 5.97 Å². The largest absolute Gasteiger partial charge is 0.464 e. The second-order valence-corrected chi connectivity index (χ2v) is 5.64. The Kier molecular flexibility index (Phi) is 4.17. The average Bonchev–Trinajstić information content (AvgIpc) is 2.54. The highest BCUT2D eigenvalue weighted by Crippen LogP contribution is 2.29. The number of benzene rings is 2. The molecule has 0 saturated heterocycles. The lowest BCUT2D eigenvalue weighted by Crippen LogP contribution is -2.06. The van der Waals surface area contributed by atoms with Crippen molar-refractivity contribution in [2.24, 2.45) is 0 Å². The number of fused-ring (bicyclic) bond motifs is 1. The van der Waals surface area contributed by atoms with Gasteiger partial charge in [-0.1, -0.05) is 23.7 Å². The number of methoxy groups -OCH3 is 1. The fourth-order valence-corrected chi connectivity index (χ4v) is 2.56. The van der Waals surface area contributed by atoms with Gasteiger partial charge in [-0.25, -0.2) is 9.78 Å². The summed E-state index contributed by atoms with van der Waals surface area (Å²) in [6.07, 6.45) is 0. The van der Waals surface area contributed by atoms with Crippen LogP contribution >= 0.6 is 11.6 Å². The third kappa shape index (κ3) is 3.27. The average molecular weight is 327 g/mol. The molecule has 0 radical (unpaired) electrons. The maximum absolute atomic E-state index is 11.8. The van der Waals surface area contributed by atoms with Crippen LogP contribution in [-0.2, 0) is 4.74 Å². The molecule has 23 heavy (non-hydrogen) atoms. The van der Waals surface area contributed by atoms with E-state index in [2.05, 4.69) is 10.3 Å². The Balaban J connectivity index is 2.15. The van der Waals surface area contributed by atoms with Crippen LogP contribution in [-0.4, -0.2) is 18.1 Å². The van der Waals surface area contributed by atoms with Crippen LogP contribution in [0.4, 0.5) is 11.4 Å². The summed E-state index contributed by atoms with van der Waals surface area (Å²) in [4.78, 5) is 16.2. The van der Waals surface area contributed by atoms with E-state index >= 15 is 0 Å². The highest BCUT2D eigenvalue weighted by atomic mass is 35.5. The van der Waals surface area contributed by atoms with E-state index in [0.717, 1.165) is 22.3 Å². The van der Waals surface area contributed by atoms with Crippen molar-refractivity contribution in [1.82, 2.24) is 4.98 Å². The summed E-state index contributed by atoms with van der Waals surface area (Å²) < 4.78 is 4.78. The molecule has 3 aromatic rings. The molecule has 116 valence electrons. The number of esters is 1. The molecule has 1 aromatic heterocycles. The van der Waals surface area contributed by atoms with Crippen molar-refractivity contribution in [3.8, 4) is 0 Å². The summed E-state index contributed by atoms with van der Waals surface area (Å²) in [7, 11) is 1.34. The normalized spacial score (nSPS) is 10.6. The minimum absolute atomic E-state index is 0.248. The quantitative estimate of drug-likeness (QED) is 0.707. The van der Waals surface area contributed by atoms with Gasteiger partial charge in [0, 0.05) is 16.1 Å². The number of halogens is 1. The maximum atomic E-state index is 11.8. The van der Waals surface area contributed by atoms with Crippen molar-refractivity contribution in [2.45, 2.75) is 6.92 Å². The number of rotatable bonds is 3. The zero-order valence-electron chi connectivity index (χ0n) is 12.8. The predicted molar refractivity (Wildman–Crippen MR) is 92.6 cm³/mol. The summed E-state index contributed by atoms with van der Waals surface area (Å²) in [5.41, 5.74) is 3.74. The lowest BCUT2D eigenvalue weighted by molar-refractivity contribution is 0.0594. The number of pyridine rings is 1. The number of hydrogen-bond acceptors (Lipinski definition) is 4. The number of aryl methyl sites for hydroxylation is 1. The molecule has 2 aromatic carbocycles. The van der Waals surface area contributed by atoms with Crippen LogP contribution in [0, 0.1) is 6.92 Å². The Labute approximate surface area is 139 Å². The number of hydrogen-bond donors (Lipinski definition) is 1. The second-order valence-electron chi connectivity index (χ2n) is 5.20. The molecule has 1 heterocycles. The van der Waals surface area contributed by atoms with Gasteiger partial charge >= 0.3 is 5.97 Å². The summed E-state index contributed by atoms with van der Waals surface area (Å²) in [5.74, 6) is -0.478. The van der Waals surface area contributed by atoms with Gasteiger partial charge in [0.25, 0.3) is 0 Å². The number of carbonyl (C=O) groups is 1. The number of nitrogens with zero attached hydrogens (tertiary/aromatic N) is 1. The van der Waals surface area contributed by atoms with Crippen molar-refractivity contribution in [3.63, 3.8) is 0 Å². The predicted octanol–water partition coefficient (Wildman–Crippen LogP) is 4.73. The molecule has 0 aliphatic carbocycles. The first-order valence-electron chi connectivity index (χ1n) is 7.09. The SMILES string of the molecule is COC(=O)c1cc(Nc2cccc(C)c2)c2cc(Cl)ccc2n1. The Morgan fingerprint density at radius 3 is 2.74 bits per heavy atom. The molecule has 0 spiro atoms. The van der Waals surface area contributed by atoms with E-state index in [1.807, 2.05) is 37.3 Å². The van der Waals surface area contributed by atoms with E-state index in [1.165, 1.54) is 7.11 Å². The Hall–Kier alpha value is -2.59. The molecule has 0 atom stereocenters. The number of carbonyl (C=O) groups excluding carboxylic acids is 1. The molecule has 0 bridgehead atoms. The van der Waals surface area contributed by atoms with Crippen molar-refractivity contribution in [1.29, 1.82) is 0 Å². The zero-order valence-corrected chi connectivity index (χ0v) is 13.5. The van der Waals surface area contributed by atoms with E-state index in [-0.39, 0.29) is 5.69 Å². The molecule has 0 fully saturated rings. The molecule has 0 aliphatic rings. The van der Waals surface area contributed by atoms with Crippen molar-refractivity contribution < 1.29 is 9.53 Å². The fraction of sp³-hybridized carbons (Fsp3) is 0.111. The van der Waals surface area contributed by atoms with Gasteiger partial charge in [-0.15, -0.1) is 0 Å². The molecule has 0 aliphatic heterocycles. The van der Waals surface area contributed by atoms with E-state index in [9.17, 15) is 4.79 Å². The Morgan fingerprint density at radius 1 is 1.17 bits per heavy atom. The monoisotopic (exact) mass is 326 g/mol. The van der Waals surface area contributed by atoms with Gasteiger partial charge in [0.15, 0.2) is 5.69 Å². The first kappa shape index (κ1) is 15.3. The van der Waals surface area contributed by atoms with Crippen molar-refractivity contribution >= 4 is 39.8 Å². The van der Waals surface area contributed by atoms with Gasteiger partial charge in [0.1, 0.15) is 0 Å². The minimum atomic E-state index is -0.478. The van der Waals surface area contributed by atoms with Gasteiger partial charge in [-0.05, 0) is 48.9 Å². The Morgan fingerprint density at radius 2 is 2.00 bits per heavy atom. The summed E-state index contributed by atoms with van der Waals surface area (Å²) in [6.45, 7) is 2.02. The highest BCUT2D eigenvalue weighted by molar-refractivity contribution is 6.31. The van der Waals surface area contributed by atoms with Crippen LogP contribution in [0.2, 0.25) is 5.02 Å². The number of ether oxygens (including phenoxy) is 1. The van der Waals surface area contributed by atoms with Gasteiger partial charge in [-0.2, -0.15) is 0 Å². The van der Waals surface area contributed by atoms with Gasteiger partial charge in [0.05, 0.1) is 18.3 Å². The first-order valence-corrected chi connectivity index (χ1v) is 7.47. The fourth-order valence-electron chi connectivity index (χ4n) is 2.39. The number of anilines is 2. The van der Waals surface area contributed by atoms with Crippen LogP contribution in [0.1, 0.15) is 16.1 Å². The topological polar surface area (TPSA) is 51.2 Å². The van der Waals surface area contributed by atoms with Gasteiger partial charge < -0.3 is 10.1 Å². The first-order chi connectivity index (χ1) is 11.1. The second kappa shape index (κ2) is 6.26. The van der Waals surface area contributed by atoms with E-state index in [1.54, 1.807) is 18.2 Å². The Bertz CT molecular complexity index is 893. The summed E-state index contributed by atoms with van der Waals surface area (Å²) in [6, 6.07) is 15.0. The van der Waals surface area contributed by atoms with Crippen LogP contribution in [0.15, 0.2) is 48.5 Å². The van der Waals surface area contributed by atoms with Crippen LogP contribution < -0.4 is 5.32 Å². The van der Waals surface area contributed by atoms with Gasteiger partial charge in [0.2, 0.25) is 0 Å². The van der Waals surface area contributed by atoms with Crippen LogP contribution in [0.5, 0.6) is 0 Å². The standard InChI is InChI=1S/C18H15ClN2O2/c1-11-4-3-5-13(8-11)20-16-10-17(18(22)23-2)21-15-7-6-12(19)9-14(15)16/h3-10H,1-2H3,(H,20,21). The summed E-state index contributed by atoms with van der Waals surface area (Å²) >= 11 is 6.10. The molecule has 5 heteroatoms. The molecule has 3 rings (SSSR count). The van der Waals surface area contributed by atoms with Crippen LogP contribution in [0.3, 0.4) is 0 Å². The van der Waals surface area contributed by atoms with Crippen molar-refractivity contribution in [2.75, 3.05) is 12.4 Å². The third-order valence-corrected chi connectivity index (χ3v) is 3.70. The molecular formula is C18H15ClN2O2. The molecule has 1 N–H and O–H groups in total. The number of aromatic nitrogens is 1.